The van der Waals surface area contributed by atoms with Crippen molar-refractivity contribution >= 4 is 49.6 Å². The monoisotopic (exact) mass is 768 g/mol. The summed E-state index contributed by atoms with van der Waals surface area (Å²) in [6.07, 6.45) is 0. The normalized spacial score (nSPS) is 14.3. The highest BCUT2D eigenvalue weighted by molar-refractivity contribution is 6.11. The van der Waals surface area contributed by atoms with Gasteiger partial charge in [-0.1, -0.05) is 173 Å². The summed E-state index contributed by atoms with van der Waals surface area (Å²) in [5, 5.41) is 4.99. The van der Waals surface area contributed by atoms with Crippen molar-refractivity contribution in [1.29, 1.82) is 0 Å². The van der Waals surface area contributed by atoms with E-state index in [-0.39, 0.29) is 10.8 Å². The molecule has 0 amide bonds. The lowest BCUT2D eigenvalue weighted by Crippen LogP contribution is -2.16. The molecule has 286 valence electrons. The van der Waals surface area contributed by atoms with E-state index in [2.05, 4.69) is 231 Å². The molecule has 0 atom stereocenters. The molecule has 2 nitrogen and oxygen atoms in total. The molecule has 2 aliphatic carbocycles. The van der Waals surface area contributed by atoms with E-state index in [4.69, 9.17) is 0 Å². The molecule has 0 saturated heterocycles. The summed E-state index contributed by atoms with van der Waals surface area (Å²) >= 11 is 0. The molecule has 2 aliphatic rings. The molecule has 0 bridgehead atoms. The zero-order valence-electron chi connectivity index (χ0n) is 34.4. The van der Waals surface area contributed by atoms with Crippen molar-refractivity contribution in [2.75, 3.05) is 4.90 Å². The first-order chi connectivity index (χ1) is 29.3. The van der Waals surface area contributed by atoms with Crippen LogP contribution in [0.5, 0.6) is 0 Å². The Bertz CT molecular complexity index is 3340. The van der Waals surface area contributed by atoms with E-state index in [1.54, 1.807) is 0 Å². The smallest absolute Gasteiger partial charge is 0.0543 e. The van der Waals surface area contributed by atoms with Gasteiger partial charge in [-0.25, -0.2) is 0 Å². The predicted molar refractivity (Wildman–Crippen MR) is 254 cm³/mol. The summed E-state index contributed by atoms with van der Waals surface area (Å²) in [6.45, 7) is 9.46. The third-order valence-electron chi connectivity index (χ3n) is 13.8. The van der Waals surface area contributed by atoms with E-state index in [0.29, 0.717) is 0 Å². The van der Waals surface area contributed by atoms with Gasteiger partial charge in [-0.3, -0.25) is 0 Å². The van der Waals surface area contributed by atoms with Crippen molar-refractivity contribution in [2.45, 2.75) is 38.5 Å². The third-order valence-corrected chi connectivity index (χ3v) is 13.8. The molecule has 0 fully saturated rings. The minimum Gasteiger partial charge on any atom is -0.310 e. The van der Waals surface area contributed by atoms with E-state index in [1.165, 1.54) is 99.6 Å². The topological polar surface area (TPSA) is 8.17 Å². The summed E-state index contributed by atoms with van der Waals surface area (Å²) in [6, 6.07) is 72.3. The molecular weight excluding hydrogens is 725 g/mol. The van der Waals surface area contributed by atoms with Crippen LogP contribution >= 0.6 is 0 Å². The second kappa shape index (κ2) is 12.7. The van der Waals surface area contributed by atoms with Crippen LogP contribution in [-0.4, -0.2) is 4.57 Å². The Kier molecular flexibility index (Phi) is 7.36. The number of fused-ring (bicyclic) bond motifs is 10. The van der Waals surface area contributed by atoms with Crippen LogP contribution in [0.15, 0.2) is 194 Å². The zero-order valence-corrected chi connectivity index (χ0v) is 34.4. The SMILES string of the molecule is CC1(C)c2ccccc2-c2cc(N(c3cccc(-c4cccc5c(-n6c7ccccc7c7ccccc76)cccc45)c3)c3cccc4c3-c3ccccc3C4(C)C)ccc21. The van der Waals surface area contributed by atoms with Crippen LogP contribution in [0, 0.1) is 0 Å². The number of aromatic nitrogens is 1. The molecule has 0 radical (unpaired) electrons. The molecule has 60 heavy (non-hydrogen) atoms. The van der Waals surface area contributed by atoms with Crippen molar-refractivity contribution in [2.24, 2.45) is 0 Å². The van der Waals surface area contributed by atoms with Crippen LogP contribution in [0.1, 0.15) is 49.9 Å². The highest BCUT2D eigenvalue weighted by Crippen LogP contribution is 2.56. The van der Waals surface area contributed by atoms with Gasteiger partial charge in [-0.15, -0.1) is 0 Å². The maximum absolute atomic E-state index is 2.52. The standard InChI is InChI=1S/C58H44N2/c1-57(2)48-26-9-5-19-42(48)47-36-39(33-34-50(47)57)59(55-32-16-28-51-56(55)46-22-6-10-27-49(46)58(51,3)4)38-18-13-17-37(35-38)40-23-14-25-43-41(40)24-15-31-54(43)60-52-29-11-7-20-44(52)45-21-8-12-30-53(45)60/h5-36H,1-4H3. The fraction of sp³-hybridized carbons (Fsp3) is 0.103. The van der Waals surface area contributed by atoms with Crippen LogP contribution < -0.4 is 4.90 Å². The van der Waals surface area contributed by atoms with Crippen LogP contribution in [0.2, 0.25) is 0 Å². The first-order valence-electron chi connectivity index (χ1n) is 21.2. The Labute approximate surface area is 351 Å². The van der Waals surface area contributed by atoms with Gasteiger partial charge in [-0.2, -0.15) is 0 Å². The van der Waals surface area contributed by atoms with Gasteiger partial charge >= 0.3 is 0 Å². The van der Waals surface area contributed by atoms with Crippen LogP contribution in [0.3, 0.4) is 0 Å². The van der Waals surface area contributed by atoms with E-state index in [0.717, 1.165) is 11.4 Å². The van der Waals surface area contributed by atoms with Crippen LogP contribution in [0.25, 0.3) is 71.6 Å². The van der Waals surface area contributed by atoms with Crippen molar-refractivity contribution in [3.8, 4) is 39.1 Å². The van der Waals surface area contributed by atoms with Crippen molar-refractivity contribution in [3.63, 3.8) is 0 Å². The average Bonchev–Trinajstić information content (AvgIpc) is 3.83. The van der Waals surface area contributed by atoms with E-state index >= 15 is 0 Å². The predicted octanol–water partition coefficient (Wildman–Crippen LogP) is 15.7. The van der Waals surface area contributed by atoms with Crippen molar-refractivity contribution in [1.82, 2.24) is 4.57 Å². The quantitative estimate of drug-likeness (QED) is 0.169. The van der Waals surface area contributed by atoms with E-state index in [1.807, 2.05) is 0 Å². The molecule has 1 heterocycles. The molecule has 0 spiro atoms. The Morgan fingerprint density at radius 2 is 0.900 bits per heavy atom. The summed E-state index contributed by atoms with van der Waals surface area (Å²) in [5.41, 5.74) is 20.1. The molecule has 0 saturated carbocycles. The van der Waals surface area contributed by atoms with Gasteiger partial charge in [0.05, 0.1) is 22.4 Å². The molecule has 9 aromatic carbocycles. The van der Waals surface area contributed by atoms with Crippen LogP contribution in [-0.2, 0) is 10.8 Å². The summed E-state index contributed by atoms with van der Waals surface area (Å²) in [7, 11) is 0. The fourth-order valence-corrected chi connectivity index (χ4v) is 10.9. The lowest BCUT2D eigenvalue weighted by molar-refractivity contribution is 0.660. The van der Waals surface area contributed by atoms with Gasteiger partial charge in [0.2, 0.25) is 0 Å². The Hall–Kier alpha value is -7.16. The number of hydrogen-bond acceptors (Lipinski definition) is 1. The minimum atomic E-state index is -0.118. The molecule has 0 aliphatic heterocycles. The van der Waals surface area contributed by atoms with Crippen LogP contribution in [0.4, 0.5) is 17.1 Å². The van der Waals surface area contributed by atoms with Gasteiger partial charge in [0.1, 0.15) is 0 Å². The van der Waals surface area contributed by atoms with E-state index < -0.39 is 0 Å². The molecule has 0 N–H and O–H groups in total. The molecule has 2 heteroatoms. The number of anilines is 3. The molecular formula is C58H44N2. The van der Waals surface area contributed by atoms with Crippen molar-refractivity contribution < 1.29 is 0 Å². The van der Waals surface area contributed by atoms with Gasteiger partial charge < -0.3 is 9.47 Å². The third kappa shape index (κ3) is 4.82. The Morgan fingerprint density at radius 3 is 1.68 bits per heavy atom. The summed E-state index contributed by atoms with van der Waals surface area (Å²) < 4.78 is 2.44. The van der Waals surface area contributed by atoms with Gasteiger partial charge in [0.15, 0.2) is 0 Å². The maximum Gasteiger partial charge on any atom is 0.0543 e. The lowest BCUT2D eigenvalue weighted by atomic mass is 9.82. The van der Waals surface area contributed by atoms with E-state index in [9.17, 15) is 0 Å². The Balaban J connectivity index is 1.08. The number of hydrogen-bond donors (Lipinski definition) is 0. The van der Waals surface area contributed by atoms with Gasteiger partial charge in [0, 0.05) is 43.9 Å². The molecule has 12 rings (SSSR count). The van der Waals surface area contributed by atoms with Crippen molar-refractivity contribution in [3.05, 3.63) is 216 Å². The second-order valence-electron chi connectivity index (χ2n) is 17.7. The minimum absolute atomic E-state index is 0.0708. The fourth-order valence-electron chi connectivity index (χ4n) is 10.9. The molecule has 1 aromatic heterocycles. The largest absolute Gasteiger partial charge is 0.310 e. The Morgan fingerprint density at radius 1 is 0.367 bits per heavy atom. The highest BCUT2D eigenvalue weighted by atomic mass is 15.1. The number of benzene rings is 9. The second-order valence-corrected chi connectivity index (χ2v) is 17.7. The lowest BCUT2D eigenvalue weighted by Gasteiger charge is -2.30. The van der Waals surface area contributed by atoms with Gasteiger partial charge in [0.25, 0.3) is 0 Å². The number of nitrogens with zero attached hydrogens (tertiary/aromatic N) is 2. The maximum atomic E-state index is 2.52. The molecule has 10 aromatic rings. The first kappa shape index (κ1) is 34.8. The number of rotatable bonds is 5. The zero-order chi connectivity index (χ0) is 40.3. The average molecular weight is 769 g/mol. The van der Waals surface area contributed by atoms with Gasteiger partial charge in [-0.05, 0) is 104 Å². The summed E-state index contributed by atoms with van der Waals surface area (Å²) in [5.74, 6) is 0. The highest BCUT2D eigenvalue weighted by Gasteiger charge is 2.39. The number of para-hydroxylation sites is 2. The molecule has 0 unspecified atom stereocenters. The first-order valence-corrected chi connectivity index (χ1v) is 21.2. The summed E-state index contributed by atoms with van der Waals surface area (Å²) in [4.78, 5) is 2.52.